The van der Waals surface area contributed by atoms with Crippen LogP contribution in [0.25, 0.3) is 0 Å². The van der Waals surface area contributed by atoms with E-state index >= 15 is 0 Å². The molecule has 0 aliphatic carbocycles. The van der Waals surface area contributed by atoms with Gasteiger partial charge in [-0.25, -0.2) is 0 Å². The van der Waals surface area contributed by atoms with Gasteiger partial charge in [-0.15, -0.1) is 11.6 Å². The van der Waals surface area contributed by atoms with Crippen molar-refractivity contribution in [3.05, 3.63) is 0 Å². The molecule has 0 amide bonds. The average Bonchev–Trinajstić information content (AvgIpc) is 2.10. The summed E-state index contributed by atoms with van der Waals surface area (Å²) in [6.07, 6.45) is 5.87. The van der Waals surface area contributed by atoms with E-state index in [1.807, 2.05) is 0 Å². The summed E-state index contributed by atoms with van der Waals surface area (Å²) in [6, 6.07) is 0.456. The maximum atomic E-state index is 5.62. The second kappa shape index (κ2) is 8.79. The number of hydrogen-bond acceptors (Lipinski definition) is 2. The Kier molecular flexibility index (Phi) is 8.93. The average molecular weight is 207 g/mol. The predicted molar refractivity (Wildman–Crippen MR) is 59.8 cm³/mol. The maximum absolute atomic E-state index is 5.62. The number of alkyl halides is 1. The van der Waals surface area contributed by atoms with Gasteiger partial charge in [-0.3, -0.25) is 11.3 Å². The van der Waals surface area contributed by atoms with Crippen molar-refractivity contribution in [3.63, 3.8) is 0 Å². The zero-order valence-electron chi connectivity index (χ0n) is 8.85. The molecule has 0 saturated carbocycles. The van der Waals surface area contributed by atoms with Crippen LogP contribution in [0.4, 0.5) is 0 Å². The fourth-order valence-corrected chi connectivity index (χ4v) is 1.56. The highest BCUT2D eigenvalue weighted by molar-refractivity contribution is 6.17. The van der Waals surface area contributed by atoms with Crippen molar-refractivity contribution < 1.29 is 0 Å². The minimum Gasteiger partial charge on any atom is -0.271 e. The number of hydrogen-bond donors (Lipinski definition) is 2. The van der Waals surface area contributed by atoms with E-state index < -0.39 is 0 Å². The van der Waals surface area contributed by atoms with Gasteiger partial charge in [0.05, 0.1) is 0 Å². The monoisotopic (exact) mass is 206 g/mol. The first kappa shape index (κ1) is 13.2. The van der Waals surface area contributed by atoms with Gasteiger partial charge in [0.1, 0.15) is 0 Å². The van der Waals surface area contributed by atoms with Gasteiger partial charge in [0.2, 0.25) is 0 Å². The number of hydrazine groups is 1. The third-order valence-corrected chi connectivity index (χ3v) is 2.52. The molecule has 3 N–H and O–H groups in total. The fourth-order valence-electron chi connectivity index (χ4n) is 1.41. The van der Waals surface area contributed by atoms with Crippen molar-refractivity contribution in [2.24, 2.45) is 11.8 Å². The van der Waals surface area contributed by atoms with E-state index in [4.69, 9.17) is 17.4 Å². The molecular weight excluding hydrogens is 184 g/mol. The molecule has 0 aromatic rings. The molecule has 0 aromatic heterocycles. The summed E-state index contributed by atoms with van der Waals surface area (Å²) < 4.78 is 0. The van der Waals surface area contributed by atoms with E-state index in [0.717, 1.165) is 24.6 Å². The van der Waals surface area contributed by atoms with Crippen LogP contribution in [0.1, 0.15) is 46.0 Å². The van der Waals surface area contributed by atoms with Gasteiger partial charge < -0.3 is 0 Å². The van der Waals surface area contributed by atoms with Gasteiger partial charge in [-0.05, 0) is 25.2 Å². The van der Waals surface area contributed by atoms with Crippen molar-refractivity contribution in [2.45, 2.75) is 52.0 Å². The molecule has 0 aromatic carbocycles. The summed E-state index contributed by atoms with van der Waals surface area (Å²) in [5.74, 6) is 6.97. The van der Waals surface area contributed by atoms with E-state index in [0.29, 0.717) is 6.04 Å². The highest BCUT2D eigenvalue weighted by Gasteiger charge is 2.05. The van der Waals surface area contributed by atoms with Crippen LogP contribution < -0.4 is 11.3 Å². The molecule has 0 fully saturated rings. The lowest BCUT2D eigenvalue weighted by Crippen LogP contribution is -2.35. The Morgan fingerprint density at radius 3 is 2.23 bits per heavy atom. The van der Waals surface area contributed by atoms with Gasteiger partial charge in [-0.1, -0.05) is 26.7 Å². The standard InChI is InChI=1S/C10H23ClN2/c1-9(2)5-3-6-10(13-12)7-4-8-11/h9-10,13H,3-8,12H2,1-2H3. The molecule has 2 nitrogen and oxygen atoms in total. The Balaban J connectivity index is 3.36. The minimum atomic E-state index is 0.456. The summed E-state index contributed by atoms with van der Waals surface area (Å²) in [6.45, 7) is 4.51. The molecule has 13 heavy (non-hydrogen) atoms. The molecule has 80 valence electrons. The Morgan fingerprint density at radius 1 is 1.15 bits per heavy atom. The SMILES string of the molecule is CC(C)CCCC(CCCCl)NN. The van der Waals surface area contributed by atoms with Crippen LogP contribution >= 0.6 is 11.6 Å². The second-order valence-corrected chi connectivity index (χ2v) is 4.40. The van der Waals surface area contributed by atoms with E-state index in [9.17, 15) is 0 Å². The lowest BCUT2D eigenvalue weighted by atomic mass is 10.0. The molecule has 0 spiro atoms. The summed E-state index contributed by atoms with van der Waals surface area (Å²) in [5.41, 5.74) is 2.85. The van der Waals surface area contributed by atoms with Crippen LogP contribution in [0.15, 0.2) is 0 Å². The maximum Gasteiger partial charge on any atom is 0.0224 e. The van der Waals surface area contributed by atoms with E-state index in [2.05, 4.69) is 19.3 Å². The predicted octanol–water partition coefficient (Wildman–Crippen LogP) is 2.66. The number of nitrogens with two attached hydrogens (primary N) is 1. The van der Waals surface area contributed by atoms with Gasteiger partial charge in [0.25, 0.3) is 0 Å². The molecule has 0 heterocycles. The second-order valence-electron chi connectivity index (χ2n) is 4.02. The van der Waals surface area contributed by atoms with Crippen molar-refractivity contribution in [3.8, 4) is 0 Å². The van der Waals surface area contributed by atoms with Crippen LogP contribution in [0.2, 0.25) is 0 Å². The van der Waals surface area contributed by atoms with E-state index in [1.54, 1.807) is 0 Å². The Bertz CT molecular complexity index is 107. The zero-order chi connectivity index (χ0) is 10.1. The molecule has 3 heteroatoms. The van der Waals surface area contributed by atoms with Crippen LogP contribution in [0.3, 0.4) is 0 Å². The Hall–Kier alpha value is 0.210. The summed E-state index contributed by atoms with van der Waals surface area (Å²) in [7, 11) is 0. The van der Waals surface area contributed by atoms with Gasteiger partial charge in [0, 0.05) is 11.9 Å². The largest absolute Gasteiger partial charge is 0.271 e. The summed E-state index contributed by atoms with van der Waals surface area (Å²) in [5, 5.41) is 0. The first-order valence-corrected chi connectivity index (χ1v) is 5.76. The number of nitrogens with one attached hydrogen (secondary N) is 1. The molecule has 1 unspecified atom stereocenters. The highest BCUT2D eigenvalue weighted by atomic mass is 35.5. The van der Waals surface area contributed by atoms with Crippen molar-refractivity contribution in [2.75, 3.05) is 5.88 Å². The lowest BCUT2D eigenvalue weighted by molar-refractivity contribution is 0.422. The number of rotatable bonds is 8. The molecule has 0 bridgehead atoms. The zero-order valence-corrected chi connectivity index (χ0v) is 9.61. The first-order valence-electron chi connectivity index (χ1n) is 5.22. The molecule has 0 rings (SSSR count). The number of halogens is 1. The Morgan fingerprint density at radius 2 is 1.77 bits per heavy atom. The fraction of sp³-hybridized carbons (Fsp3) is 1.00. The summed E-state index contributed by atoms with van der Waals surface area (Å²) >= 11 is 5.62. The molecular formula is C10H23ClN2. The third kappa shape index (κ3) is 8.54. The van der Waals surface area contributed by atoms with E-state index in [1.165, 1.54) is 19.3 Å². The van der Waals surface area contributed by atoms with Crippen LogP contribution in [-0.4, -0.2) is 11.9 Å². The molecule has 0 aliphatic heterocycles. The van der Waals surface area contributed by atoms with Gasteiger partial charge >= 0.3 is 0 Å². The normalized spacial score (nSPS) is 13.6. The van der Waals surface area contributed by atoms with Crippen LogP contribution in [0, 0.1) is 5.92 Å². The smallest absolute Gasteiger partial charge is 0.0224 e. The topological polar surface area (TPSA) is 38.0 Å². The van der Waals surface area contributed by atoms with Crippen molar-refractivity contribution in [1.82, 2.24) is 5.43 Å². The first-order chi connectivity index (χ1) is 6.20. The van der Waals surface area contributed by atoms with Gasteiger partial charge in [-0.2, -0.15) is 0 Å². The molecule has 0 saturated heterocycles. The molecule has 0 aliphatic rings. The summed E-state index contributed by atoms with van der Waals surface area (Å²) in [4.78, 5) is 0. The van der Waals surface area contributed by atoms with Crippen LogP contribution in [-0.2, 0) is 0 Å². The quantitative estimate of drug-likeness (QED) is 0.364. The molecule has 1 atom stereocenters. The third-order valence-electron chi connectivity index (χ3n) is 2.26. The lowest BCUT2D eigenvalue weighted by Gasteiger charge is -2.15. The molecule has 0 radical (unpaired) electrons. The minimum absolute atomic E-state index is 0.456. The van der Waals surface area contributed by atoms with Gasteiger partial charge in [0.15, 0.2) is 0 Å². The van der Waals surface area contributed by atoms with Crippen molar-refractivity contribution >= 4 is 11.6 Å². The van der Waals surface area contributed by atoms with E-state index in [-0.39, 0.29) is 0 Å². The Labute approximate surface area is 87.2 Å². The van der Waals surface area contributed by atoms with Crippen molar-refractivity contribution in [1.29, 1.82) is 0 Å². The van der Waals surface area contributed by atoms with Crippen LogP contribution in [0.5, 0.6) is 0 Å². The highest BCUT2D eigenvalue weighted by Crippen LogP contribution is 2.11.